The van der Waals surface area contributed by atoms with E-state index in [1.54, 1.807) is 12.1 Å². The molecule has 1 aromatic carbocycles. The molecule has 2 aliphatic rings. The molecule has 9 heteroatoms. The minimum Gasteiger partial charge on any atom is -0.493 e. The van der Waals surface area contributed by atoms with Gasteiger partial charge in [-0.25, -0.2) is 9.37 Å². The summed E-state index contributed by atoms with van der Waals surface area (Å²) in [5.74, 6) is 0.906. The van der Waals surface area contributed by atoms with Gasteiger partial charge in [0.2, 0.25) is 5.95 Å². The molecule has 0 unspecified atom stereocenters. The van der Waals surface area contributed by atoms with Crippen LogP contribution < -0.4 is 15.6 Å². The number of carbonyl (C=O) groups excluding carboxylic acids is 1. The lowest BCUT2D eigenvalue weighted by molar-refractivity contribution is 0.0694. The van der Waals surface area contributed by atoms with Crippen molar-refractivity contribution in [3.63, 3.8) is 0 Å². The number of aromatic amines is 1. The molecule has 1 saturated heterocycles. The summed E-state index contributed by atoms with van der Waals surface area (Å²) in [7, 11) is 0. The first kappa shape index (κ1) is 20.5. The van der Waals surface area contributed by atoms with Crippen LogP contribution in [0.25, 0.3) is 10.9 Å². The maximum atomic E-state index is 14.5. The van der Waals surface area contributed by atoms with E-state index in [4.69, 9.17) is 9.15 Å². The van der Waals surface area contributed by atoms with Gasteiger partial charge < -0.3 is 19.4 Å². The number of benzene rings is 1. The summed E-state index contributed by atoms with van der Waals surface area (Å²) in [6, 6.07) is 4.53. The van der Waals surface area contributed by atoms with Crippen LogP contribution in [0.15, 0.2) is 39.9 Å². The van der Waals surface area contributed by atoms with Gasteiger partial charge in [0.25, 0.3) is 11.5 Å². The molecule has 168 valence electrons. The highest BCUT2D eigenvalue weighted by Gasteiger charge is 2.25. The lowest BCUT2D eigenvalue weighted by Crippen LogP contribution is -2.39. The predicted molar refractivity (Wildman–Crippen MR) is 116 cm³/mol. The zero-order valence-corrected chi connectivity index (χ0v) is 17.6. The van der Waals surface area contributed by atoms with Crippen molar-refractivity contribution in [3.8, 4) is 5.75 Å². The Morgan fingerprint density at radius 1 is 1.25 bits per heavy atom. The fourth-order valence-corrected chi connectivity index (χ4v) is 4.01. The number of anilines is 1. The van der Waals surface area contributed by atoms with Crippen LogP contribution in [0.1, 0.15) is 36.0 Å². The van der Waals surface area contributed by atoms with Gasteiger partial charge in [0, 0.05) is 31.8 Å². The van der Waals surface area contributed by atoms with E-state index in [2.05, 4.69) is 15.3 Å². The molecule has 5 rings (SSSR count). The third kappa shape index (κ3) is 4.46. The molecule has 0 spiro atoms. The number of ether oxygens (including phenoxy) is 1. The summed E-state index contributed by atoms with van der Waals surface area (Å²) in [4.78, 5) is 33.7. The first-order valence-corrected chi connectivity index (χ1v) is 11.0. The number of hydrogen-bond donors (Lipinski definition) is 2. The normalized spacial score (nSPS) is 17.0. The molecule has 0 bridgehead atoms. The fraction of sp³-hybridized carbons (Fsp3) is 0.435. The van der Waals surface area contributed by atoms with Crippen molar-refractivity contribution in [1.82, 2.24) is 14.9 Å². The van der Waals surface area contributed by atoms with E-state index in [-0.39, 0.29) is 16.8 Å². The molecule has 8 nitrogen and oxygen atoms in total. The molecular formula is C23H25FN4O4. The molecule has 2 N–H and O–H groups in total. The van der Waals surface area contributed by atoms with Crippen molar-refractivity contribution in [2.45, 2.75) is 25.7 Å². The van der Waals surface area contributed by atoms with Gasteiger partial charge in [0.15, 0.2) is 0 Å². The largest absolute Gasteiger partial charge is 0.493 e. The highest BCUT2D eigenvalue weighted by Crippen LogP contribution is 2.30. The van der Waals surface area contributed by atoms with Crippen molar-refractivity contribution in [2.75, 3.05) is 31.6 Å². The summed E-state index contributed by atoms with van der Waals surface area (Å²) < 4.78 is 25.1. The molecule has 2 aromatic heterocycles. The van der Waals surface area contributed by atoms with Crippen LogP contribution in [-0.2, 0) is 0 Å². The Morgan fingerprint density at radius 2 is 2.06 bits per heavy atom. The van der Waals surface area contributed by atoms with Crippen molar-refractivity contribution in [1.29, 1.82) is 0 Å². The van der Waals surface area contributed by atoms with Crippen LogP contribution in [0.3, 0.4) is 0 Å². The Balaban J connectivity index is 1.21. The third-order valence-electron chi connectivity index (χ3n) is 6.14. The van der Waals surface area contributed by atoms with Gasteiger partial charge in [-0.3, -0.25) is 14.6 Å². The molecular weight excluding hydrogens is 415 g/mol. The van der Waals surface area contributed by atoms with E-state index in [9.17, 15) is 14.0 Å². The van der Waals surface area contributed by atoms with Gasteiger partial charge in [-0.1, -0.05) is 0 Å². The van der Waals surface area contributed by atoms with Crippen molar-refractivity contribution in [2.24, 2.45) is 11.8 Å². The molecule has 32 heavy (non-hydrogen) atoms. The zero-order valence-electron chi connectivity index (χ0n) is 17.6. The lowest BCUT2D eigenvalue weighted by Gasteiger charge is -2.31. The monoisotopic (exact) mass is 440 g/mol. The van der Waals surface area contributed by atoms with Gasteiger partial charge in [-0.05, 0) is 43.6 Å². The molecule has 3 aromatic rings. The molecule has 3 heterocycles. The van der Waals surface area contributed by atoms with Gasteiger partial charge >= 0.3 is 0 Å². The number of fused-ring (bicyclic) bond motifs is 1. The van der Waals surface area contributed by atoms with Gasteiger partial charge in [-0.15, -0.1) is 0 Å². The summed E-state index contributed by atoms with van der Waals surface area (Å²) in [6.07, 6.45) is 6.90. The lowest BCUT2D eigenvalue weighted by atomic mass is 9.96. The molecule has 0 radical (unpaired) electrons. The second-order valence-corrected chi connectivity index (χ2v) is 8.60. The van der Waals surface area contributed by atoms with Gasteiger partial charge in [0.1, 0.15) is 23.2 Å². The van der Waals surface area contributed by atoms with Crippen molar-refractivity contribution in [3.05, 3.63) is 52.5 Å². The van der Waals surface area contributed by atoms with Gasteiger partial charge in [-0.2, -0.15) is 0 Å². The summed E-state index contributed by atoms with van der Waals surface area (Å²) in [5.41, 5.74) is 0.305. The zero-order chi connectivity index (χ0) is 22.1. The van der Waals surface area contributed by atoms with Crippen molar-refractivity contribution >= 4 is 22.8 Å². The first-order valence-electron chi connectivity index (χ1n) is 11.0. The Bertz CT molecular complexity index is 1160. The summed E-state index contributed by atoms with van der Waals surface area (Å²) in [5, 5.41) is 3.10. The number of amides is 1. The Kier molecular flexibility index (Phi) is 5.55. The van der Waals surface area contributed by atoms with E-state index in [1.807, 2.05) is 4.90 Å². The van der Waals surface area contributed by atoms with Crippen LogP contribution in [0.5, 0.6) is 5.75 Å². The maximum Gasteiger partial charge on any atom is 0.263 e. The number of furan rings is 1. The minimum atomic E-state index is -0.636. The van der Waals surface area contributed by atoms with Crippen LogP contribution in [-0.4, -0.2) is 47.0 Å². The third-order valence-corrected chi connectivity index (χ3v) is 6.14. The van der Waals surface area contributed by atoms with E-state index in [0.29, 0.717) is 55.3 Å². The Hall–Kier alpha value is -3.36. The number of aromatic nitrogens is 2. The number of nitrogens with zero attached hydrogens (tertiary/aromatic N) is 2. The van der Waals surface area contributed by atoms with E-state index < -0.39 is 11.4 Å². The predicted octanol–water partition coefficient (Wildman–Crippen LogP) is 3.41. The van der Waals surface area contributed by atoms with Crippen LogP contribution in [0.2, 0.25) is 0 Å². The molecule has 1 aliphatic heterocycles. The fourth-order valence-electron chi connectivity index (χ4n) is 4.01. The summed E-state index contributed by atoms with van der Waals surface area (Å²) in [6.45, 7) is 2.47. The second-order valence-electron chi connectivity index (χ2n) is 8.60. The number of H-pyrrole nitrogens is 1. The number of piperidine rings is 1. The molecule has 0 atom stereocenters. The van der Waals surface area contributed by atoms with E-state index in [1.165, 1.54) is 18.6 Å². The van der Waals surface area contributed by atoms with E-state index in [0.717, 1.165) is 25.7 Å². The van der Waals surface area contributed by atoms with Crippen LogP contribution in [0, 0.1) is 17.7 Å². The first-order chi connectivity index (χ1) is 15.6. The quantitative estimate of drug-likeness (QED) is 0.584. The number of nitrogens with one attached hydrogen (secondary N) is 2. The minimum absolute atomic E-state index is 0.0209. The molecule has 2 fully saturated rings. The standard InChI is InChI=1S/C23H25FN4O4/c24-18-9-17(32-12-15-1-2-15)10-19-20(18)21(29)27-23(26-19)25-11-14-3-6-28(7-4-14)22(30)16-5-8-31-13-16/h5,8-10,13-15H,1-4,6-7,11-12H2,(H2,25,26,27,29). The Labute approximate surface area is 183 Å². The SMILES string of the molecule is O=C(c1ccoc1)N1CCC(CNc2nc3cc(OCC4CC4)cc(F)c3c(=O)[nH]2)CC1. The number of halogens is 1. The molecule has 1 saturated carbocycles. The highest BCUT2D eigenvalue weighted by molar-refractivity contribution is 5.93. The average molecular weight is 440 g/mol. The topological polar surface area (TPSA) is 100 Å². The number of rotatable bonds is 7. The van der Waals surface area contributed by atoms with Crippen molar-refractivity contribution < 1.29 is 18.3 Å². The Morgan fingerprint density at radius 3 is 2.78 bits per heavy atom. The number of carbonyl (C=O) groups is 1. The van der Waals surface area contributed by atoms with E-state index >= 15 is 0 Å². The average Bonchev–Trinajstić information content (AvgIpc) is 3.46. The highest BCUT2D eigenvalue weighted by atomic mass is 19.1. The smallest absolute Gasteiger partial charge is 0.263 e. The number of hydrogen-bond acceptors (Lipinski definition) is 6. The molecule has 1 amide bonds. The maximum absolute atomic E-state index is 14.5. The van der Waals surface area contributed by atoms with Gasteiger partial charge in [0.05, 0.1) is 24.0 Å². The second kappa shape index (κ2) is 8.64. The van der Waals surface area contributed by atoms with Crippen LogP contribution >= 0.6 is 0 Å². The summed E-state index contributed by atoms with van der Waals surface area (Å²) >= 11 is 0. The molecule has 1 aliphatic carbocycles. The number of likely N-dealkylation sites (tertiary alicyclic amines) is 1. The van der Waals surface area contributed by atoms with Crippen LogP contribution in [0.4, 0.5) is 10.3 Å².